The first-order chi connectivity index (χ1) is 18.2. The largest absolute Gasteiger partial charge is 0.496 e. The predicted octanol–water partition coefficient (Wildman–Crippen LogP) is 3.22. The summed E-state index contributed by atoms with van der Waals surface area (Å²) < 4.78 is 81.9. The number of aliphatic imine (C=N–C) groups is 1. The second kappa shape index (κ2) is 13.2. The minimum Gasteiger partial charge on any atom is -0.496 e. The highest BCUT2D eigenvalue weighted by atomic mass is 19.4. The van der Waals surface area contributed by atoms with E-state index in [4.69, 9.17) is 16.0 Å². The number of hydrogen-bond acceptors (Lipinski definition) is 7. The van der Waals surface area contributed by atoms with Crippen LogP contribution < -0.4 is 21.2 Å². The lowest BCUT2D eigenvalue weighted by Crippen LogP contribution is -2.46. The van der Waals surface area contributed by atoms with Crippen LogP contribution in [-0.4, -0.2) is 62.5 Å². The molecule has 5 N–H and O–H groups in total. The molecule has 39 heavy (non-hydrogen) atoms. The van der Waals surface area contributed by atoms with E-state index in [9.17, 15) is 35.9 Å². The molecule has 0 aliphatic rings. The van der Waals surface area contributed by atoms with Crippen LogP contribution in [0.15, 0.2) is 47.5 Å². The Morgan fingerprint density at radius 1 is 1.08 bits per heavy atom. The quantitative estimate of drug-likeness (QED) is 0.145. The maximum atomic E-state index is 12.9. The van der Waals surface area contributed by atoms with Crippen LogP contribution in [-0.2, 0) is 17.1 Å². The van der Waals surface area contributed by atoms with Crippen LogP contribution in [0, 0.1) is 5.41 Å². The standard InChI is InChI=1S/C24H26F6N6O3/c1-33-12-19(14-3-5-15(6-4-14)23(25,26)27)35-22(38)18(31)13-36(32)10-9-34-21(37)17-8-7-16(24(28,29)30)11-20(17)39-2/h3-8,11-12,19,31H,9-10,13,32H2,1-2H3,(H,34,37)(H,35,38). The zero-order chi connectivity index (χ0) is 29.4. The maximum Gasteiger partial charge on any atom is 0.416 e. The van der Waals surface area contributed by atoms with E-state index in [2.05, 4.69) is 15.6 Å². The third kappa shape index (κ3) is 9.07. The van der Waals surface area contributed by atoms with E-state index in [1.54, 1.807) is 0 Å². The second-order valence-corrected chi connectivity index (χ2v) is 8.10. The number of carbonyl (C=O) groups excluding carboxylic acids is 2. The number of nitrogens with two attached hydrogens (primary N) is 1. The van der Waals surface area contributed by atoms with Crippen LogP contribution in [0.4, 0.5) is 26.3 Å². The van der Waals surface area contributed by atoms with E-state index in [0.717, 1.165) is 36.4 Å². The van der Waals surface area contributed by atoms with Crippen LogP contribution in [0.2, 0.25) is 0 Å². The van der Waals surface area contributed by atoms with Crippen molar-refractivity contribution in [2.45, 2.75) is 18.4 Å². The van der Waals surface area contributed by atoms with E-state index in [1.165, 1.54) is 25.4 Å². The maximum absolute atomic E-state index is 12.9. The molecule has 212 valence electrons. The Labute approximate surface area is 219 Å². The Morgan fingerprint density at radius 2 is 1.67 bits per heavy atom. The van der Waals surface area contributed by atoms with Crippen molar-refractivity contribution in [1.82, 2.24) is 15.6 Å². The molecule has 2 amide bonds. The number of alkyl halides is 6. The van der Waals surface area contributed by atoms with E-state index in [0.29, 0.717) is 11.6 Å². The van der Waals surface area contributed by atoms with Crippen molar-refractivity contribution in [2.75, 3.05) is 33.8 Å². The van der Waals surface area contributed by atoms with Gasteiger partial charge in [-0.25, -0.2) is 5.01 Å². The number of benzene rings is 2. The van der Waals surface area contributed by atoms with Crippen molar-refractivity contribution in [3.05, 3.63) is 64.7 Å². The molecule has 0 saturated heterocycles. The summed E-state index contributed by atoms with van der Waals surface area (Å²) in [7, 11) is 2.53. The summed E-state index contributed by atoms with van der Waals surface area (Å²) in [4.78, 5) is 28.6. The number of hydrogen-bond donors (Lipinski definition) is 4. The number of amides is 2. The molecule has 9 nitrogen and oxygen atoms in total. The fourth-order valence-corrected chi connectivity index (χ4v) is 3.28. The van der Waals surface area contributed by atoms with Crippen LogP contribution in [0.1, 0.15) is 33.1 Å². The first kappa shape index (κ1) is 31.2. The smallest absolute Gasteiger partial charge is 0.416 e. The van der Waals surface area contributed by atoms with Gasteiger partial charge in [-0.05, 0) is 35.9 Å². The van der Waals surface area contributed by atoms with Gasteiger partial charge in [0.25, 0.3) is 11.8 Å². The molecule has 0 spiro atoms. The Bertz CT molecular complexity index is 1200. The molecule has 0 radical (unpaired) electrons. The summed E-state index contributed by atoms with van der Waals surface area (Å²) in [6.07, 6.45) is -7.84. The van der Waals surface area contributed by atoms with Gasteiger partial charge < -0.3 is 15.4 Å². The number of methoxy groups -OCH3 is 1. The van der Waals surface area contributed by atoms with E-state index < -0.39 is 47.0 Å². The molecule has 1 atom stereocenters. The van der Waals surface area contributed by atoms with Gasteiger partial charge in [0, 0.05) is 26.4 Å². The molecule has 0 saturated carbocycles. The molecular weight excluding hydrogens is 534 g/mol. The minimum absolute atomic E-state index is 0.0386. The first-order valence-corrected chi connectivity index (χ1v) is 11.2. The number of hydrazine groups is 1. The number of nitrogens with zero attached hydrogens (tertiary/aromatic N) is 2. The number of carbonyl (C=O) groups is 2. The summed E-state index contributed by atoms with van der Waals surface area (Å²) in [5, 5.41) is 14.0. The zero-order valence-electron chi connectivity index (χ0n) is 20.8. The number of nitrogens with one attached hydrogen (secondary N) is 3. The van der Waals surface area contributed by atoms with Crippen molar-refractivity contribution in [3.63, 3.8) is 0 Å². The number of rotatable bonds is 11. The van der Waals surface area contributed by atoms with E-state index in [-0.39, 0.29) is 30.9 Å². The van der Waals surface area contributed by atoms with Gasteiger partial charge in [-0.15, -0.1) is 0 Å². The van der Waals surface area contributed by atoms with Gasteiger partial charge in [0.15, 0.2) is 0 Å². The summed E-state index contributed by atoms with van der Waals surface area (Å²) in [6.45, 7) is -0.470. The third-order valence-electron chi connectivity index (χ3n) is 5.28. The fourth-order valence-electron chi connectivity index (χ4n) is 3.28. The molecule has 0 fully saturated rings. The molecule has 0 bridgehead atoms. The van der Waals surface area contributed by atoms with Crippen molar-refractivity contribution >= 4 is 23.7 Å². The average Bonchev–Trinajstić information content (AvgIpc) is 2.86. The van der Waals surface area contributed by atoms with Gasteiger partial charge in [-0.1, -0.05) is 12.1 Å². The topological polar surface area (TPSA) is 133 Å². The summed E-state index contributed by atoms with van der Waals surface area (Å²) in [5.74, 6) is 3.95. The molecule has 0 aromatic heterocycles. The molecule has 0 aliphatic heterocycles. The molecule has 2 aromatic carbocycles. The fraction of sp³-hybridized carbons (Fsp3) is 0.333. The van der Waals surface area contributed by atoms with Crippen LogP contribution in [0.5, 0.6) is 5.75 Å². The Morgan fingerprint density at radius 3 is 2.21 bits per heavy atom. The minimum atomic E-state index is -4.61. The lowest BCUT2D eigenvalue weighted by molar-refractivity contribution is -0.138. The SMILES string of the molecule is CN=CC(NC(=O)C(=N)CN(N)CCNC(=O)c1ccc(C(F)(F)F)cc1OC)c1ccc(C(F)(F)F)cc1. The normalized spacial score (nSPS) is 12.9. The molecule has 2 aromatic rings. The van der Waals surface area contributed by atoms with E-state index >= 15 is 0 Å². The molecule has 0 heterocycles. The molecule has 0 aliphatic carbocycles. The number of halogens is 6. The van der Waals surface area contributed by atoms with E-state index in [1.807, 2.05) is 0 Å². The van der Waals surface area contributed by atoms with Crippen molar-refractivity contribution in [2.24, 2.45) is 10.8 Å². The Kier molecular flexibility index (Phi) is 10.6. The zero-order valence-corrected chi connectivity index (χ0v) is 20.8. The summed E-state index contributed by atoms with van der Waals surface area (Å²) in [5.41, 5.74) is -2.14. The monoisotopic (exact) mass is 560 g/mol. The average molecular weight is 560 g/mol. The highest BCUT2D eigenvalue weighted by Gasteiger charge is 2.32. The van der Waals surface area contributed by atoms with Gasteiger partial charge in [-0.2, -0.15) is 26.3 Å². The van der Waals surface area contributed by atoms with Gasteiger partial charge in [-0.3, -0.25) is 25.8 Å². The molecule has 15 heteroatoms. The predicted molar refractivity (Wildman–Crippen MR) is 131 cm³/mol. The molecule has 1 unspecified atom stereocenters. The van der Waals surface area contributed by atoms with Crippen LogP contribution >= 0.6 is 0 Å². The third-order valence-corrected chi connectivity index (χ3v) is 5.28. The number of ether oxygens (including phenoxy) is 1. The van der Waals surface area contributed by atoms with Crippen molar-refractivity contribution < 1.29 is 40.7 Å². The van der Waals surface area contributed by atoms with Crippen molar-refractivity contribution in [3.8, 4) is 5.75 Å². The molecule has 2 rings (SSSR count). The van der Waals surface area contributed by atoms with Crippen molar-refractivity contribution in [1.29, 1.82) is 5.41 Å². The van der Waals surface area contributed by atoms with Gasteiger partial charge >= 0.3 is 12.4 Å². The van der Waals surface area contributed by atoms with Gasteiger partial charge in [0.2, 0.25) is 0 Å². The van der Waals surface area contributed by atoms with Crippen LogP contribution in [0.25, 0.3) is 0 Å². The first-order valence-electron chi connectivity index (χ1n) is 11.2. The van der Waals surface area contributed by atoms with Gasteiger partial charge in [0.05, 0.1) is 36.4 Å². The Balaban J connectivity index is 1.91. The lowest BCUT2D eigenvalue weighted by Gasteiger charge is -2.19. The summed E-state index contributed by atoms with van der Waals surface area (Å²) >= 11 is 0. The van der Waals surface area contributed by atoms with Crippen LogP contribution in [0.3, 0.4) is 0 Å². The highest BCUT2D eigenvalue weighted by Crippen LogP contribution is 2.33. The lowest BCUT2D eigenvalue weighted by atomic mass is 10.0. The van der Waals surface area contributed by atoms with Gasteiger partial charge in [0.1, 0.15) is 11.5 Å². The molecular formula is C24H26F6N6O3. The Hall–Kier alpha value is -3.98. The summed E-state index contributed by atoms with van der Waals surface area (Å²) in [6, 6.07) is 5.60. The highest BCUT2D eigenvalue weighted by molar-refractivity contribution is 6.38. The second-order valence-electron chi connectivity index (χ2n) is 8.10.